The molecule has 0 saturated carbocycles. The number of aromatic nitrogens is 1. The lowest BCUT2D eigenvalue weighted by molar-refractivity contribution is 0.199. The number of hydrogen-bond acceptors (Lipinski definition) is 2. The molecule has 0 amide bonds. The molecule has 0 radical (unpaired) electrons. The van der Waals surface area contributed by atoms with Crippen LogP contribution in [0.4, 0.5) is 0 Å². The first-order valence-electron chi connectivity index (χ1n) is 4.73. The van der Waals surface area contributed by atoms with Gasteiger partial charge < -0.3 is 9.67 Å². The lowest BCUT2D eigenvalue weighted by atomic mass is 10.2. The molecular weight excluding hydrogens is 274 g/mol. The van der Waals surface area contributed by atoms with Crippen LogP contribution in [0.15, 0.2) is 34.4 Å². The monoisotopic (exact) mass is 285 g/mol. The van der Waals surface area contributed by atoms with Gasteiger partial charge in [-0.1, -0.05) is 0 Å². The van der Waals surface area contributed by atoms with Gasteiger partial charge >= 0.3 is 0 Å². The zero-order chi connectivity index (χ0) is 10.8. The molecule has 2 aromatic heterocycles. The predicted octanol–water partition coefficient (Wildman–Crippen LogP) is 3.41. The van der Waals surface area contributed by atoms with Crippen molar-refractivity contribution in [2.75, 3.05) is 0 Å². The first-order chi connectivity index (χ1) is 7.15. The van der Waals surface area contributed by atoms with E-state index in [2.05, 4.69) is 32.6 Å². The van der Waals surface area contributed by atoms with E-state index in [9.17, 15) is 5.11 Å². The standard InChI is InChI=1S/C11H12BrNOS/c1-8(14)9-4-5-13(6-9)7-10-2-3-11(12)15-10/h2-6,8,14H,7H2,1H3. The number of nitrogens with zero attached hydrogens (tertiary/aromatic N) is 1. The van der Waals surface area contributed by atoms with E-state index in [-0.39, 0.29) is 6.10 Å². The highest BCUT2D eigenvalue weighted by Crippen LogP contribution is 2.23. The van der Waals surface area contributed by atoms with Gasteiger partial charge in [-0.2, -0.15) is 0 Å². The minimum absolute atomic E-state index is 0.388. The van der Waals surface area contributed by atoms with Crippen LogP contribution in [0.1, 0.15) is 23.5 Å². The summed E-state index contributed by atoms with van der Waals surface area (Å²) in [4.78, 5) is 1.30. The van der Waals surface area contributed by atoms with Crippen LogP contribution in [-0.2, 0) is 6.54 Å². The fourth-order valence-electron chi connectivity index (χ4n) is 1.42. The van der Waals surface area contributed by atoms with Crippen LogP contribution < -0.4 is 0 Å². The number of aliphatic hydroxyl groups is 1. The molecule has 0 aliphatic heterocycles. The minimum Gasteiger partial charge on any atom is -0.389 e. The number of thiophene rings is 1. The molecule has 0 aromatic carbocycles. The Hall–Kier alpha value is -0.580. The van der Waals surface area contributed by atoms with Crippen molar-refractivity contribution in [3.8, 4) is 0 Å². The number of halogens is 1. The molecule has 1 N–H and O–H groups in total. The van der Waals surface area contributed by atoms with Crippen molar-refractivity contribution in [1.82, 2.24) is 4.57 Å². The Morgan fingerprint density at radius 3 is 2.80 bits per heavy atom. The molecule has 0 aliphatic rings. The molecule has 0 spiro atoms. The molecule has 2 rings (SSSR count). The molecule has 80 valence electrons. The quantitative estimate of drug-likeness (QED) is 0.919. The average Bonchev–Trinajstić information content (AvgIpc) is 2.76. The van der Waals surface area contributed by atoms with Gasteiger partial charge in [-0.3, -0.25) is 0 Å². The first kappa shape index (κ1) is 10.9. The van der Waals surface area contributed by atoms with E-state index in [0.29, 0.717) is 0 Å². The second-order valence-corrected chi connectivity index (χ2v) is 6.05. The molecule has 4 heteroatoms. The fourth-order valence-corrected chi connectivity index (χ4v) is 2.91. The number of rotatable bonds is 3. The Bertz CT molecular complexity index is 447. The van der Waals surface area contributed by atoms with Gasteiger partial charge in [0.25, 0.3) is 0 Å². The Morgan fingerprint density at radius 1 is 1.47 bits per heavy atom. The third-order valence-corrected chi connectivity index (χ3v) is 3.83. The van der Waals surface area contributed by atoms with Crippen molar-refractivity contribution >= 4 is 27.3 Å². The molecule has 15 heavy (non-hydrogen) atoms. The highest BCUT2D eigenvalue weighted by atomic mass is 79.9. The van der Waals surface area contributed by atoms with Crippen LogP contribution in [0.3, 0.4) is 0 Å². The molecule has 1 unspecified atom stereocenters. The number of hydrogen-bond donors (Lipinski definition) is 1. The van der Waals surface area contributed by atoms with Crippen LogP contribution in [0.25, 0.3) is 0 Å². The van der Waals surface area contributed by atoms with Crippen molar-refractivity contribution in [1.29, 1.82) is 0 Å². The van der Waals surface area contributed by atoms with Gasteiger partial charge in [-0.25, -0.2) is 0 Å². The second-order valence-electron chi connectivity index (χ2n) is 3.50. The zero-order valence-corrected chi connectivity index (χ0v) is 10.8. The molecule has 1 atom stereocenters. The van der Waals surface area contributed by atoms with Gasteiger partial charge in [0.05, 0.1) is 16.4 Å². The molecule has 0 bridgehead atoms. The van der Waals surface area contributed by atoms with Crippen molar-refractivity contribution in [3.05, 3.63) is 44.8 Å². The minimum atomic E-state index is -0.388. The Morgan fingerprint density at radius 2 is 2.27 bits per heavy atom. The van der Waals surface area contributed by atoms with E-state index in [1.54, 1.807) is 18.3 Å². The smallest absolute Gasteiger partial charge is 0.0776 e. The summed E-state index contributed by atoms with van der Waals surface area (Å²) in [6.45, 7) is 2.64. The first-order valence-corrected chi connectivity index (χ1v) is 6.34. The predicted molar refractivity (Wildman–Crippen MR) is 66.2 cm³/mol. The lowest BCUT2D eigenvalue weighted by Crippen LogP contribution is -1.94. The second kappa shape index (κ2) is 4.51. The van der Waals surface area contributed by atoms with Gasteiger partial charge in [0.2, 0.25) is 0 Å². The van der Waals surface area contributed by atoms with Gasteiger partial charge in [-0.05, 0) is 46.6 Å². The topological polar surface area (TPSA) is 25.2 Å². The maximum Gasteiger partial charge on any atom is 0.0776 e. The Kier molecular flexibility index (Phi) is 3.29. The van der Waals surface area contributed by atoms with Crippen LogP contribution in [-0.4, -0.2) is 9.67 Å². The molecule has 0 aliphatic carbocycles. The van der Waals surface area contributed by atoms with E-state index < -0.39 is 0 Å². The molecular formula is C11H12BrNOS. The summed E-state index contributed by atoms with van der Waals surface area (Å²) < 4.78 is 3.24. The zero-order valence-electron chi connectivity index (χ0n) is 8.35. The maximum absolute atomic E-state index is 9.39. The van der Waals surface area contributed by atoms with Gasteiger partial charge in [-0.15, -0.1) is 11.3 Å². The largest absolute Gasteiger partial charge is 0.389 e. The highest BCUT2D eigenvalue weighted by Gasteiger charge is 2.04. The third kappa shape index (κ3) is 2.71. The van der Waals surface area contributed by atoms with Gasteiger partial charge in [0, 0.05) is 17.3 Å². The number of aliphatic hydroxyl groups excluding tert-OH is 1. The third-order valence-electron chi connectivity index (χ3n) is 2.22. The van der Waals surface area contributed by atoms with Crippen molar-refractivity contribution in [2.45, 2.75) is 19.6 Å². The summed E-state index contributed by atoms with van der Waals surface area (Å²) in [5.74, 6) is 0. The van der Waals surface area contributed by atoms with Crippen molar-refractivity contribution in [2.24, 2.45) is 0 Å². The maximum atomic E-state index is 9.39. The fraction of sp³-hybridized carbons (Fsp3) is 0.273. The van der Waals surface area contributed by atoms with E-state index in [0.717, 1.165) is 15.9 Å². The summed E-state index contributed by atoms with van der Waals surface area (Å²) in [5.41, 5.74) is 0.964. The molecule has 2 nitrogen and oxygen atoms in total. The summed E-state index contributed by atoms with van der Waals surface area (Å²) in [6.07, 6.45) is 3.59. The molecule has 2 heterocycles. The normalized spacial score (nSPS) is 13.0. The summed E-state index contributed by atoms with van der Waals surface area (Å²) in [6, 6.07) is 6.11. The van der Waals surface area contributed by atoms with Crippen molar-refractivity contribution < 1.29 is 5.11 Å². The lowest BCUT2D eigenvalue weighted by Gasteiger charge is -2.00. The summed E-state index contributed by atoms with van der Waals surface area (Å²) in [5, 5.41) is 9.39. The van der Waals surface area contributed by atoms with Crippen LogP contribution in [0, 0.1) is 0 Å². The summed E-state index contributed by atoms with van der Waals surface area (Å²) >= 11 is 5.18. The SMILES string of the molecule is CC(O)c1ccn(Cc2ccc(Br)s2)c1. The van der Waals surface area contributed by atoms with E-state index >= 15 is 0 Å². The van der Waals surface area contributed by atoms with Crippen molar-refractivity contribution in [3.63, 3.8) is 0 Å². The van der Waals surface area contributed by atoms with Crippen LogP contribution in [0.5, 0.6) is 0 Å². The molecule has 0 saturated heterocycles. The Labute approximate surface area is 101 Å². The van der Waals surface area contributed by atoms with E-state index in [4.69, 9.17) is 0 Å². The highest BCUT2D eigenvalue weighted by molar-refractivity contribution is 9.11. The van der Waals surface area contributed by atoms with Gasteiger partial charge in [0.15, 0.2) is 0 Å². The average molecular weight is 286 g/mol. The molecule has 0 fully saturated rings. The van der Waals surface area contributed by atoms with E-state index in [1.165, 1.54) is 4.88 Å². The van der Waals surface area contributed by atoms with Gasteiger partial charge in [0.1, 0.15) is 0 Å². The molecule has 2 aromatic rings. The van der Waals surface area contributed by atoms with Crippen LogP contribution >= 0.6 is 27.3 Å². The summed E-state index contributed by atoms with van der Waals surface area (Å²) in [7, 11) is 0. The van der Waals surface area contributed by atoms with E-state index in [1.807, 2.05) is 18.5 Å². The van der Waals surface area contributed by atoms with Crippen LogP contribution in [0.2, 0.25) is 0 Å². The Balaban J connectivity index is 2.11.